The third kappa shape index (κ3) is 6.74. The predicted molar refractivity (Wildman–Crippen MR) is 138 cm³/mol. The molecule has 10 heteroatoms. The van der Waals surface area contributed by atoms with E-state index in [-0.39, 0.29) is 23.6 Å². The molecule has 0 aliphatic carbocycles. The first kappa shape index (κ1) is 26.1. The van der Waals surface area contributed by atoms with Crippen LogP contribution in [-0.4, -0.2) is 32.3 Å². The van der Waals surface area contributed by atoms with Crippen molar-refractivity contribution in [3.63, 3.8) is 0 Å². The number of aryl methyl sites for hydroxylation is 1. The molecule has 3 aromatic rings. The van der Waals surface area contributed by atoms with E-state index in [1.807, 2.05) is 26.1 Å². The first-order valence-corrected chi connectivity index (χ1v) is 12.5. The van der Waals surface area contributed by atoms with Gasteiger partial charge in [0.2, 0.25) is 5.91 Å². The molecule has 0 aliphatic rings. The van der Waals surface area contributed by atoms with Crippen molar-refractivity contribution in [2.24, 2.45) is 13.0 Å². The molecule has 0 spiro atoms. The largest absolute Gasteiger partial charge is 0.342 e. The van der Waals surface area contributed by atoms with Gasteiger partial charge in [-0.15, -0.1) is 10.2 Å². The van der Waals surface area contributed by atoms with Crippen LogP contribution >= 0.6 is 35.0 Å². The minimum atomic E-state index is -0.362. The van der Waals surface area contributed by atoms with Crippen molar-refractivity contribution >= 4 is 52.5 Å². The lowest BCUT2D eigenvalue weighted by Gasteiger charge is -2.20. The zero-order valence-electron chi connectivity index (χ0n) is 19.4. The normalized spacial score (nSPS) is 12.0. The lowest BCUT2D eigenvalue weighted by molar-refractivity contribution is -0.113. The van der Waals surface area contributed by atoms with E-state index in [1.54, 1.807) is 34.9 Å². The lowest BCUT2D eigenvalue weighted by Crippen LogP contribution is -2.31. The number of aromatic nitrogens is 3. The summed E-state index contributed by atoms with van der Waals surface area (Å²) in [4.78, 5) is 25.3. The van der Waals surface area contributed by atoms with E-state index in [0.717, 1.165) is 5.56 Å². The SMILES string of the molecule is Cc1ccc(NC(=O)CSc2nnc([C@H](CC(C)C)NC(=O)c3ccccc3Cl)n2C)cc1Cl. The minimum absolute atomic E-state index is 0.151. The average Bonchev–Trinajstić information content (AvgIpc) is 3.14. The number of halogens is 2. The van der Waals surface area contributed by atoms with Crippen molar-refractivity contribution in [1.29, 1.82) is 0 Å². The number of hydrogen-bond acceptors (Lipinski definition) is 5. The molecule has 0 radical (unpaired) electrons. The Bertz CT molecular complexity index is 1180. The fraction of sp³-hybridized carbons (Fsp3) is 0.333. The maximum atomic E-state index is 12.9. The molecule has 0 saturated heterocycles. The summed E-state index contributed by atoms with van der Waals surface area (Å²) in [6.07, 6.45) is 0.668. The van der Waals surface area contributed by atoms with Gasteiger partial charge in [-0.05, 0) is 49.1 Å². The second-order valence-electron chi connectivity index (χ2n) is 8.34. The number of rotatable bonds is 9. The number of hydrogen-bond donors (Lipinski definition) is 2. The number of carbonyl (C=O) groups excluding carboxylic acids is 2. The van der Waals surface area contributed by atoms with Crippen LogP contribution in [0.4, 0.5) is 5.69 Å². The third-order valence-electron chi connectivity index (χ3n) is 5.10. The summed E-state index contributed by atoms with van der Waals surface area (Å²) in [6, 6.07) is 11.9. The van der Waals surface area contributed by atoms with E-state index in [9.17, 15) is 9.59 Å². The Morgan fingerprint density at radius 3 is 2.50 bits per heavy atom. The first-order chi connectivity index (χ1) is 16.2. The van der Waals surface area contributed by atoms with Crippen LogP contribution in [0.25, 0.3) is 0 Å². The quantitative estimate of drug-likeness (QED) is 0.355. The van der Waals surface area contributed by atoms with E-state index >= 15 is 0 Å². The van der Waals surface area contributed by atoms with Crippen LogP contribution in [0.15, 0.2) is 47.6 Å². The highest BCUT2D eigenvalue weighted by Gasteiger charge is 2.24. The van der Waals surface area contributed by atoms with Crippen LogP contribution in [0.2, 0.25) is 10.0 Å². The van der Waals surface area contributed by atoms with Gasteiger partial charge in [-0.25, -0.2) is 0 Å². The molecule has 34 heavy (non-hydrogen) atoms. The smallest absolute Gasteiger partial charge is 0.253 e. The lowest BCUT2D eigenvalue weighted by atomic mass is 10.0. The Morgan fingerprint density at radius 2 is 1.82 bits per heavy atom. The zero-order valence-corrected chi connectivity index (χ0v) is 21.8. The van der Waals surface area contributed by atoms with Gasteiger partial charge >= 0.3 is 0 Å². The summed E-state index contributed by atoms with van der Waals surface area (Å²) in [5.74, 6) is 0.613. The topological polar surface area (TPSA) is 88.9 Å². The molecule has 180 valence electrons. The standard InChI is InChI=1S/C24H27Cl2N5O2S/c1-14(2)11-20(28-23(33)17-7-5-6-8-18(17)25)22-29-30-24(31(22)4)34-13-21(32)27-16-10-9-15(3)19(26)12-16/h5-10,12,14,20H,11,13H2,1-4H3,(H,27,32)(H,28,33)/t20-/m0/s1. The van der Waals surface area contributed by atoms with Crippen LogP contribution in [0.3, 0.4) is 0 Å². The molecule has 1 heterocycles. The molecular formula is C24H27Cl2N5O2S. The molecule has 0 fully saturated rings. The molecule has 2 amide bonds. The minimum Gasteiger partial charge on any atom is -0.342 e. The van der Waals surface area contributed by atoms with Crippen LogP contribution in [0.5, 0.6) is 0 Å². The van der Waals surface area contributed by atoms with E-state index < -0.39 is 0 Å². The first-order valence-electron chi connectivity index (χ1n) is 10.8. The van der Waals surface area contributed by atoms with Gasteiger partial charge in [-0.2, -0.15) is 0 Å². The van der Waals surface area contributed by atoms with E-state index in [2.05, 4.69) is 34.7 Å². The Morgan fingerprint density at radius 1 is 1.09 bits per heavy atom. The number of benzene rings is 2. The fourth-order valence-corrected chi connectivity index (χ4v) is 4.45. The Labute approximate surface area is 213 Å². The summed E-state index contributed by atoms with van der Waals surface area (Å²) in [5, 5.41) is 16.0. The van der Waals surface area contributed by atoms with Gasteiger partial charge in [-0.1, -0.05) is 67.0 Å². The summed E-state index contributed by atoms with van der Waals surface area (Å²) >= 11 is 13.6. The molecule has 2 N–H and O–H groups in total. The maximum absolute atomic E-state index is 12.9. The van der Waals surface area contributed by atoms with Crippen molar-refractivity contribution in [3.05, 3.63) is 69.5 Å². The van der Waals surface area contributed by atoms with Gasteiger partial charge in [0.15, 0.2) is 11.0 Å². The number of thioether (sulfide) groups is 1. The van der Waals surface area contributed by atoms with Crippen molar-refractivity contribution < 1.29 is 9.59 Å². The molecule has 7 nitrogen and oxygen atoms in total. The summed E-state index contributed by atoms with van der Waals surface area (Å²) in [7, 11) is 1.82. The number of amides is 2. The molecular weight excluding hydrogens is 493 g/mol. The summed E-state index contributed by atoms with van der Waals surface area (Å²) in [5.41, 5.74) is 1.99. The van der Waals surface area contributed by atoms with E-state index in [0.29, 0.717) is 44.6 Å². The van der Waals surface area contributed by atoms with Gasteiger partial charge in [0, 0.05) is 17.8 Å². The molecule has 0 saturated carbocycles. The van der Waals surface area contributed by atoms with Crippen molar-refractivity contribution in [1.82, 2.24) is 20.1 Å². The second-order valence-corrected chi connectivity index (χ2v) is 10.1. The van der Waals surface area contributed by atoms with Gasteiger partial charge in [-0.3, -0.25) is 9.59 Å². The fourth-order valence-electron chi connectivity index (χ4n) is 3.33. The van der Waals surface area contributed by atoms with Crippen LogP contribution in [-0.2, 0) is 11.8 Å². The van der Waals surface area contributed by atoms with Gasteiger partial charge in [0.1, 0.15) is 0 Å². The van der Waals surface area contributed by atoms with Gasteiger partial charge in [0.25, 0.3) is 5.91 Å². The third-order valence-corrected chi connectivity index (χ3v) is 6.86. The Kier molecular flexibility index (Phi) is 8.99. The monoisotopic (exact) mass is 519 g/mol. The predicted octanol–water partition coefficient (Wildman–Crippen LogP) is 5.68. The molecule has 1 atom stereocenters. The zero-order chi connectivity index (χ0) is 24.8. The van der Waals surface area contributed by atoms with Crippen LogP contribution in [0, 0.1) is 12.8 Å². The molecule has 0 unspecified atom stereocenters. The molecule has 0 bridgehead atoms. The summed E-state index contributed by atoms with van der Waals surface area (Å²) in [6.45, 7) is 6.05. The molecule has 3 rings (SSSR count). The number of nitrogens with one attached hydrogen (secondary N) is 2. The van der Waals surface area contributed by atoms with Crippen LogP contribution in [0.1, 0.15) is 48.1 Å². The van der Waals surface area contributed by atoms with Crippen molar-refractivity contribution in [3.8, 4) is 0 Å². The van der Waals surface area contributed by atoms with E-state index in [1.165, 1.54) is 11.8 Å². The van der Waals surface area contributed by atoms with Crippen LogP contribution < -0.4 is 10.6 Å². The average molecular weight is 520 g/mol. The summed E-state index contributed by atoms with van der Waals surface area (Å²) < 4.78 is 1.81. The molecule has 2 aromatic carbocycles. The van der Waals surface area contributed by atoms with Crippen molar-refractivity contribution in [2.75, 3.05) is 11.1 Å². The van der Waals surface area contributed by atoms with Gasteiger partial charge < -0.3 is 15.2 Å². The van der Waals surface area contributed by atoms with Gasteiger partial charge in [0.05, 0.1) is 22.4 Å². The highest BCUT2D eigenvalue weighted by molar-refractivity contribution is 7.99. The highest BCUT2D eigenvalue weighted by Crippen LogP contribution is 2.26. The Hall–Kier alpha value is -2.55. The number of anilines is 1. The van der Waals surface area contributed by atoms with E-state index in [4.69, 9.17) is 23.2 Å². The maximum Gasteiger partial charge on any atom is 0.253 e. The number of carbonyl (C=O) groups is 2. The molecule has 0 aliphatic heterocycles. The number of nitrogens with zero attached hydrogens (tertiary/aromatic N) is 3. The Balaban J connectivity index is 1.68. The van der Waals surface area contributed by atoms with Crippen molar-refractivity contribution in [2.45, 2.75) is 38.4 Å². The highest BCUT2D eigenvalue weighted by atomic mass is 35.5. The molecule has 1 aromatic heterocycles. The second kappa shape index (κ2) is 11.7.